The number of halogens is 1. The van der Waals surface area contributed by atoms with E-state index < -0.39 is 6.10 Å². The Morgan fingerprint density at radius 1 is 1.25 bits per heavy atom. The molecular formula is C22H21ClN2O3. The van der Waals surface area contributed by atoms with E-state index in [-0.39, 0.29) is 5.92 Å². The van der Waals surface area contributed by atoms with Gasteiger partial charge in [0.15, 0.2) is 11.5 Å². The van der Waals surface area contributed by atoms with Crippen molar-refractivity contribution in [3.8, 4) is 11.5 Å². The van der Waals surface area contributed by atoms with Gasteiger partial charge in [0.25, 0.3) is 0 Å². The fraction of sp³-hybridized carbons (Fsp3) is 0.227. The molecule has 144 valence electrons. The highest BCUT2D eigenvalue weighted by Crippen LogP contribution is 2.41. The summed E-state index contributed by atoms with van der Waals surface area (Å²) >= 11 is 5.93. The molecule has 0 bridgehead atoms. The summed E-state index contributed by atoms with van der Waals surface area (Å²) in [5.41, 5.74) is 2.50. The van der Waals surface area contributed by atoms with Crippen LogP contribution in [-0.4, -0.2) is 18.1 Å². The van der Waals surface area contributed by atoms with Crippen LogP contribution in [0.1, 0.15) is 23.7 Å². The van der Waals surface area contributed by atoms with Gasteiger partial charge in [0.05, 0.1) is 7.11 Å². The average molecular weight is 397 g/mol. The van der Waals surface area contributed by atoms with Gasteiger partial charge >= 0.3 is 0 Å². The molecule has 2 aromatic carbocycles. The second-order valence-corrected chi connectivity index (χ2v) is 7.11. The van der Waals surface area contributed by atoms with Gasteiger partial charge < -0.3 is 19.9 Å². The smallest absolute Gasteiger partial charge is 0.166 e. The molecule has 2 atom stereocenters. The van der Waals surface area contributed by atoms with Gasteiger partial charge in [-0.2, -0.15) is 0 Å². The van der Waals surface area contributed by atoms with Crippen molar-refractivity contribution in [3.05, 3.63) is 82.7 Å². The first-order valence-electron chi connectivity index (χ1n) is 9.08. The minimum absolute atomic E-state index is 0.0587. The Bertz CT molecular complexity index is 951. The zero-order valence-corrected chi connectivity index (χ0v) is 16.2. The standard InChI is InChI=1S/C22H21ClN2O3/c1-27-21-17(20(26)18-12-25-22-16(18)5-3-11-24-22)4-2-6-19(21)28-13-14-7-9-15(23)10-8-14/h2-4,6-12,16,20,26H,5,13H2,1H3,(H,24,25). The van der Waals surface area contributed by atoms with Crippen molar-refractivity contribution >= 4 is 17.4 Å². The Kier molecular flexibility index (Phi) is 5.37. The first-order valence-corrected chi connectivity index (χ1v) is 9.46. The van der Waals surface area contributed by atoms with Crippen LogP contribution in [0.4, 0.5) is 0 Å². The zero-order valence-electron chi connectivity index (χ0n) is 15.4. The number of hydrogen-bond donors (Lipinski definition) is 2. The lowest BCUT2D eigenvalue weighted by molar-refractivity contribution is 0.199. The number of nitrogens with one attached hydrogen (secondary N) is 1. The molecular weight excluding hydrogens is 376 g/mol. The van der Waals surface area contributed by atoms with Crippen LogP contribution < -0.4 is 14.8 Å². The molecule has 2 heterocycles. The molecule has 0 aliphatic carbocycles. The van der Waals surface area contributed by atoms with Gasteiger partial charge in [-0.25, -0.2) is 4.99 Å². The lowest BCUT2D eigenvalue weighted by atomic mass is 9.88. The number of amidine groups is 1. The number of aliphatic imine (C=N–C) groups is 1. The van der Waals surface area contributed by atoms with Gasteiger partial charge in [-0.3, -0.25) is 0 Å². The fourth-order valence-electron chi connectivity index (χ4n) is 3.48. The molecule has 0 aromatic heterocycles. The first kappa shape index (κ1) is 18.6. The van der Waals surface area contributed by atoms with Gasteiger partial charge in [-0.15, -0.1) is 0 Å². The molecule has 6 heteroatoms. The molecule has 0 fully saturated rings. The van der Waals surface area contributed by atoms with E-state index in [0.29, 0.717) is 28.7 Å². The molecule has 2 aliphatic heterocycles. The van der Waals surface area contributed by atoms with Crippen LogP contribution in [0.2, 0.25) is 5.02 Å². The maximum atomic E-state index is 11.1. The predicted molar refractivity (Wildman–Crippen MR) is 110 cm³/mol. The highest BCUT2D eigenvalue weighted by atomic mass is 35.5. The molecule has 28 heavy (non-hydrogen) atoms. The zero-order chi connectivity index (χ0) is 19.5. The number of para-hydroxylation sites is 1. The van der Waals surface area contributed by atoms with E-state index in [1.165, 1.54) is 0 Å². The average Bonchev–Trinajstić information content (AvgIpc) is 3.16. The quantitative estimate of drug-likeness (QED) is 0.760. The molecule has 0 saturated heterocycles. The summed E-state index contributed by atoms with van der Waals surface area (Å²) in [7, 11) is 1.58. The maximum absolute atomic E-state index is 11.1. The minimum Gasteiger partial charge on any atom is -0.492 e. The van der Waals surface area contributed by atoms with Gasteiger partial charge in [-0.1, -0.05) is 41.9 Å². The fourth-order valence-corrected chi connectivity index (χ4v) is 3.60. The number of ether oxygens (including phenoxy) is 2. The third-order valence-corrected chi connectivity index (χ3v) is 5.19. The highest BCUT2D eigenvalue weighted by molar-refractivity contribution is 6.30. The second-order valence-electron chi connectivity index (χ2n) is 6.67. The Balaban J connectivity index is 1.55. The molecule has 0 amide bonds. The van der Waals surface area contributed by atoms with Crippen molar-refractivity contribution in [1.29, 1.82) is 0 Å². The molecule has 5 nitrogen and oxygen atoms in total. The van der Waals surface area contributed by atoms with Crippen molar-refractivity contribution in [3.63, 3.8) is 0 Å². The van der Waals surface area contributed by atoms with E-state index in [1.807, 2.05) is 54.7 Å². The number of allylic oxidation sites excluding steroid dienone is 1. The summed E-state index contributed by atoms with van der Waals surface area (Å²) in [4.78, 5) is 4.40. The minimum atomic E-state index is -0.825. The molecule has 2 unspecified atom stereocenters. The molecule has 0 radical (unpaired) electrons. The number of rotatable bonds is 6. The van der Waals surface area contributed by atoms with E-state index in [9.17, 15) is 5.11 Å². The Hall–Kier alpha value is -2.76. The number of aliphatic hydroxyl groups is 1. The van der Waals surface area contributed by atoms with Gasteiger partial charge in [0.1, 0.15) is 18.5 Å². The Morgan fingerprint density at radius 3 is 2.86 bits per heavy atom. The summed E-state index contributed by atoms with van der Waals surface area (Å²) < 4.78 is 11.6. The van der Waals surface area contributed by atoms with Gasteiger partial charge in [0, 0.05) is 22.7 Å². The van der Waals surface area contributed by atoms with Crippen LogP contribution in [0.25, 0.3) is 0 Å². The van der Waals surface area contributed by atoms with E-state index in [4.69, 9.17) is 21.1 Å². The number of benzene rings is 2. The van der Waals surface area contributed by atoms with Crippen molar-refractivity contribution < 1.29 is 14.6 Å². The number of nitrogens with zero attached hydrogens (tertiary/aromatic N) is 1. The third-order valence-electron chi connectivity index (χ3n) is 4.94. The van der Waals surface area contributed by atoms with Crippen molar-refractivity contribution in [2.45, 2.75) is 19.1 Å². The largest absolute Gasteiger partial charge is 0.492 e. The summed E-state index contributed by atoms with van der Waals surface area (Å²) in [6.07, 6.45) is 5.64. The molecule has 0 saturated carbocycles. The van der Waals surface area contributed by atoms with Gasteiger partial charge in [0.2, 0.25) is 0 Å². The van der Waals surface area contributed by atoms with Crippen LogP contribution in [0.15, 0.2) is 71.5 Å². The molecule has 0 spiro atoms. The van der Waals surface area contributed by atoms with E-state index in [2.05, 4.69) is 10.3 Å². The number of fused-ring (bicyclic) bond motifs is 1. The molecule has 2 aliphatic rings. The van der Waals surface area contributed by atoms with Crippen LogP contribution in [0, 0.1) is 5.92 Å². The summed E-state index contributed by atoms with van der Waals surface area (Å²) in [5, 5.41) is 14.9. The molecule has 2 N–H and O–H groups in total. The monoisotopic (exact) mass is 396 g/mol. The molecule has 4 rings (SSSR count). The van der Waals surface area contributed by atoms with Gasteiger partial charge in [-0.05, 0) is 42.0 Å². The highest BCUT2D eigenvalue weighted by Gasteiger charge is 2.32. The summed E-state index contributed by atoms with van der Waals surface area (Å²) in [5.74, 6) is 2.03. The van der Waals surface area contributed by atoms with Crippen LogP contribution >= 0.6 is 11.6 Å². The van der Waals surface area contributed by atoms with Crippen molar-refractivity contribution in [2.75, 3.05) is 7.11 Å². The lowest BCUT2D eigenvalue weighted by Gasteiger charge is -2.24. The van der Waals surface area contributed by atoms with Crippen molar-refractivity contribution in [1.82, 2.24) is 5.32 Å². The van der Waals surface area contributed by atoms with E-state index >= 15 is 0 Å². The number of hydrogen-bond acceptors (Lipinski definition) is 5. The maximum Gasteiger partial charge on any atom is 0.166 e. The molecule has 2 aromatic rings. The van der Waals surface area contributed by atoms with Crippen molar-refractivity contribution in [2.24, 2.45) is 10.9 Å². The topological polar surface area (TPSA) is 63.1 Å². The first-order chi connectivity index (χ1) is 13.7. The normalized spacial score (nSPS) is 18.6. The van der Waals surface area contributed by atoms with Crippen LogP contribution in [0.3, 0.4) is 0 Å². The van der Waals surface area contributed by atoms with E-state index in [1.54, 1.807) is 13.3 Å². The van der Waals surface area contributed by atoms with Crippen LogP contribution in [0.5, 0.6) is 11.5 Å². The number of methoxy groups -OCH3 is 1. The Labute approximate surface area is 169 Å². The second kappa shape index (κ2) is 8.09. The predicted octanol–water partition coefficient (Wildman–Crippen LogP) is 4.38. The summed E-state index contributed by atoms with van der Waals surface area (Å²) in [6, 6.07) is 13.0. The lowest BCUT2D eigenvalue weighted by Crippen LogP contribution is -2.29. The SMILES string of the molecule is COc1c(OCc2ccc(Cl)cc2)cccc1C(O)C1=CN=C2NC=CCC12. The Morgan fingerprint density at radius 2 is 2.07 bits per heavy atom. The third kappa shape index (κ3) is 3.63. The number of aliphatic hydroxyl groups excluding tert-OH is 1. The van der Waals surface area contributed by atoms with E-state index in [0.717, 1.165) is 23.4 Å². The van der Waals surface area contributed by atoms with Crippen LogP contribution in [-0.2, 0) is 6.61 Å². The summed E-state index contributed by atoms with van der Waals surface area (Å²) in [6.45, 7) is 0.375.